The zero-order chi connectivity index (χ0) is 19.5. The number of anilines is 2. The molecule has 0 saturated heterocycles. The highest BCUT2D eigenvalue weighted by Gasteiger charge is 2.11. The maximum Gasteiger partial charge on any atom is 0.433 e. The molecular formula is C19H12FN5O3. The number of hydrogen-bond acceptors (Lipinski definition) is 7. The molecule has 4 aromatic rings. The second kappa shape index (κ2) is 7.23. The van der Waals surface area contributed by atoms with E-state index in [0.29, 0.717) is 28.2 Å². The lowest BCUT2D eigenvalue weighted by atomic mass is 10.2. The first kappa shape index (κ1) is 17.3. The Hall–Kier alpha value is -4.14. The van der Waals surface area contributed by atoms with Gasteiger partial charge < -0.3 is 9.73 Å². The van der Waals surface area contributed by atoms with E-state index in [-0.39, 0.29) is 11.6 Å². The molecule has 0 aliphatic heterocycles. The van der Waals surface area contributed by atoms with Crippen LogP contribution < -0.4 is 5.32 Å². The molecule has 0 bridgehead atoms. The number of benzene rings is 1. The van der Waals surface area contributed by atoms with Crippen LogP contribution in [0.2, 0.25) is 0 Å². The van der Waals surface area contributed by atoms with Crippen molar-refractivity contribution in [3.05, 3.63) is 82.4 Å². The molecule has 0 unspecified atom stereocenters. The third-order valence-corrected chi connectivity index (χ3v) is 3.79. The van der Waals surface area contributed by atoms with Gasteiger partial charge in [0.25, 0.3) is 0 Å². The van der Waals surface area contributed by atoms with Gasteiger partial charge in [0, 0.05) is 11.6 Å². The maximum absolute atomic E-state index is 13.7. The molecule has 0 radical (unpaired) electrons. The minimum atomic E-state index is -0.617. The van der Waals surface area contributed by atoms with Crippen LogP contribution in [0.5, 0.6) is 0 Å². The van der Waals surface area contributed by atoms with Gasteiger partial charge in [-0.15, -0.1) is 0 Å². The maximum atomic E-state index is 13.7. The first-order valence-corrected chi connectivity index (χ1v) is 8.15. The van der Waals surface area contributed by atoms with E-state index in [1.807, 2.05) is 0 Å². The third kappa shape index (κ3) is 3.68. The van der Waals surface area contributed by atoms with E-state index >= 15 is 0 Å². The van der Waals surface area contributed by atoms with Crippen LogP contribution in [0.25, 0.3) is 23.1 Å². The van der Waals surface area contributed by atoms with Crippen LogP contribution in [0.3, 0.4) is 0 Å². The van der Waals surface area contributed by atoms with Crippen LogP contribution >= 0.6 is 0 Å². The van der Waals surface area contributed by atoms with Crippen molar-refractivity contribution in [1.29, 1.82) is 0 Å². The van der Waals surface area contributed by atoms with Gasteiger partial charge in [0.05, 0.1) is 23.5 Å². The van der Waals surface area contributed by atoms with E-state index in [2.05, 4.69) is 20.3 Å². The fourth-order valence-electron chi connectivity index (χ4n) is 2.55. The molecule has 0 aliphatic carbocycles. The Morgan fingerprint density at radius 1 is 1.14 bits per heavy atom. The van der Waals surface area contributed by atoms with Gasteiger partial charge in [0.2, 0.25) is 0 Å². The average molecular weight is 377 g/mol. The Morgan fingerprint density at radius 3 is 2.79 bits per heavy atom. The van der Waals surface area contributed by atoms with Gasteiger partial charge in [-0.25, -0.2) is 14.4 Å². The quantitative estimate of drug-likeness (QED) is 0.401. The number of halogens is 1. The number of fused-ring (bicyclic) bond motifs is 1. The Balaban J connectivity index is 1.73. The normalized spacial score (nSPS) is 11.2. The number of nitro groups is 1. The van der Waals surface area contributed by atoms with Gasteiger partial charge in [-0.2, -0.15) is 0 Å². The molecule has 9 heteroatoms. The molecule has 1 N–H and O–H groups in total. The van der Waals surface area contributed by atoms with Gasteiger partial charge in [0.1, 0.15) is 22.3 Å². The van der Waals surface area contributed by atoms with Crippen LogP contribution in [-0.4, -0.2) is 19.9 Å². The highest BCUT2D eigenvalue weighted by Crippen LogP contribution is 2.25. The smallest absolute Gasteiger partial charge is 0.401 e. The molecular weight excluding hydrogens is 365 g/mol. The van der Waals surface area contributed by atoms with Crippen molar-refractivity contribution in [1.82, 2.24) is 15.0 Å². The van der Waals surface area contributed by atoms with Crippen molar-refractivity contribution in [2.24, 2.45) is 0 Å². The zero-order valence-electron chi connectivity index (χ0n) is 14.2. The minimum Gasteiger partial charge on any atom is -0.401 e. The third-order valence-electron chi connectivity index (χ3n) is 3.79. The Labute approximate surface area is 157 Å². The summed E-state index contributed by atoms with van der Waals surface area (Å²) in [5, 5.41) is 14.3. The van der Waals surface area contributed by atoms with Gasteiger partial charge in [-0.05, 0) is 48.6 Å². The number of pyridine rings is 1. The summed E-state index contributed by atoms with van der Waals surface area (Å²) in [6.07, 6.45) is 6.33. The summed E-state index contributed by atoms with van der Waals surface area (Å²) in [6.45, 7) is 0. The van der Waals surface area contributed by atoms with Crippen molar-refractivity contribution >= 4 is 40.4 Å². The van der Waals surface area contributed by atoms with Crippen molar-refractivity contribution in [3.63, 3.8) is 0 Å². The standard InChI is InChI=1S/C19H12FN5O3/c20-12-3-6-16-15(10-12)19(22-13-2-1-9-21-11-13)24-17(23-16)7-4-14-5-8-18(28-14)25(26)27/h1-11H,(H,22,23,24). The lowest BCUT2D eigenvalue weighted by Gasteiger charge is -2.09. The number of nitrogens with one attached hydrogen (secondary N) is 1. The van der Waals surface area contributed by atoms with E-state index in [4.69, 9.17) is 4.42 Å². The second-order valence-electron chi connectivity index (χ2n) is 5.73. The summed E-state index contributed by atoms with van der Waals surface area (Å²) in [7, 11) is 0. The van der Waals surface area contributed by atoms with Crippen LogP contribution in [0.4, 0.5) is 21.8 Å². The fraction of sp³-hybridized carbons (Fsp3) is 0. The first-order chi connectivity index (χ1) is 13.6. The Kier molecular flexibility index (Phi) is 4.47. The summed E-state index contributed by atoms with van der Waals surface area (Å²) < 4.78 is 18.8. The number of aromatic nitrogens is 3. The van der Waals surface area contributed by atoms with E-state index in [1.54, 1.807) is 36.7 Å². The average Bonchev–Trinajstić information content (AvgIpc) is 3.17. The van der Waals surface area contributed by atoms with Gasteiger partial charge in [-0.1, -0.05) is 0 Å². The highest BCUT2D eigenvalue weighted by molar-refractivity contribution is 5.91. The topological polar surface area (TPSA) is 107 Å². The largest absolute Gasteiger partial charge is 0.433 e. The molecule has 138 valence electrons. The number of furan rings is 1. The summed E-state index contributed by atoms with van der Waals surface area (Å²) in [5.41, 5.74) is 1.22. The van der Waals surface area contributed by atoms with Crippen molar-refractivity contribution < 1.29 is 13.7 Å². The van der Waals surface area contributed by atoms with Gasteiger partial charge >= 0.3 is 5.88 Å². The van der Waals surface area contributed by atoms with Gasteiger partial charge in [0.15, 0.2) is 5.82 Å². The molecule has 3 heterocycles. The van der Waals surface area contributed by atoms with Crippen LogP contribution in [-0.2, 0) is 0 Å². The molecule has 0 fully saturated rings. The number of hydrogen-bond donors (Lipinski definition) is 1. The predicted octanol–water partition coefficient (Wildman–Crippen LogP) is 4.58. The fourth-order valence-corrected chi connectivity index (χ4v) is 2.55. The number of nitrogens with zero attached hydrogens (tertiary/aromatic N) is 4. The van der Waals surface area contributed by atoms with Crippen molar-refractivity contribution in [2.75, 3.05) is 5.32 Å². The van der Waals surface area contributed by atoms with Crippen molar-refractivity contribution in [2.45, 2.75) is 0 Å². The van der Waals surface area contributed by atoms with E-state index in [9.17, 15) is 14.5 Å². The summed E-state index contributed by atoms with van der Waals surface area (Å²) in [6, 6.07) is 10.5. The summed E-state index contributed by atoms with van der Waals surface area (Å²) in [5.74, 6) is 0.258. The minimum absolute atomic E-state index is 0.288. The SMILES string of the molecule is O=[N+]([O-])c1ccc(C=Cc2nc(Nc3cccnc3)c3cc(F)ccc3n2)o1. The number of rotatable bonds is 5. The Bertz CT molecular complexity index is 1190. The molecule has 0 spiro atoms. The van der Waals surface area contributed by atoms with Gasteiger partial charge in [-0.3, -0.25) is 15.1 Å². The molecule has 28 heavy (non-hydrogen) atoms. The molecule has 0 atom stereocenters. The lowest BCUT2D eigenvalue weighted by molar-refractivity contribution is -0.402. The monoisotopic (exact) mass is 377 g/mol. The van der Waals surface area contributed by atoms with Crippen molar-refractivity contribution in [3.8, 4) is 0 Å². The summed E-state index contributed by atoms with van der Waals surface area (Å²) in [4.78, 5) is 22.9. The lowest BCUT2D eigenvalue weighted by Crippen LogP contribution is -1.99. The molecule has 1 aromatic carbocycles. The molecule has 8 nitrogen and oxygen atoms in total. The zero-order valence-corrected chi connectivity index (χ0v) is 14.2. The molecule has 0 aliphatic rings. The molecule has 4 rings (SSSR count). The molecule has 0 amide bonds. The van der Waals surface area contributed by atoms with E-state index in [0.717, 1.165) is 0 Å². The molecule has 3 aromatic heterocycles. The highest BCUT2D eigenvalue weighted by atomic mass is 19.1. The van der Waals surface area contributed by atoms with Crippen LogP contribution in [0.1, 0.15) is 11.6 Å². The molecule has 0 saturated carbocycles. The van der Waals surface area contributed by atoms with E-state index in [1.165, 1.54) is 30.3 Å². The Morgan fingerprint density at radius 2 is 2.04 bits per heavy atom. The first-order valence-electron chi connectivity index (χ1n) is 8.15. The van der Waals surface area contributed by atoms with E-state index < -0.39 is 10.7 Å². The second-order valence-corrected chi connectivity index (χ2v) is 5.73. The van der Waals surface area contributed by atoms with Crippen LogP contribution in [0.15, 0.2) is 59.3 Å². The summed E-state index contributed by atoms with van der Waals surface area (Å²) >= 11 is 0. The van der Waals surface area contributed by atoms with Crippen LogP contribution in [0, 0.1) is 15.9 Å². The predicted molar refractivity (Wildman–Crippen MR) is 101 cm³/mol.